The molecule has 2 N–H and O–H groups in total. The van der Waals surface area contributed by atoms with Crippen LogP contribution in [0.2, 0.25) is 0 Å². The van der Waals surface area contributed by atoms with E-state index in [4.69, 9.17) is 4.74 Å². The number of anilines is 1. The molecule has 1 atom stereocenters. The molecule has 0 saturated carbocycles. The van der Waals surface area contributed by atoms with E-state index >= 15 is 0 Å². The van der Waals surface area contributed by atoms with Crippen LogP contribution >= 0.6 is 0 Å². The number of hydrogen-bond acceptors (Lipinski definition) is 8. The maximum Gasteiger partial charge on any atom is 0.356 e. The van der Waals surface area contributed by atoms with Gasteiger partial charge in [0.1, 0.15) is 0 Å². The second-order valence-electron chi connectivity index (χ2n) is 4.14. The number of carbonyl (C=O) groups excluding carboxylic acids is 1. The molecule has 0 aromatic carbocycles. The average Bonchev–Trinajstić information content (AvgIpc) is 2.46. The summed E-state index contributed by atoms with van der Waals surface area (Å²) in [5.41, 5.74) is -0.299. The summed E-state index contributed by atoms with van der Waals surface area (Å²) in [6, 6.07) is 2.39. The minimum absolute atomic E-state index is 0.0389. The van der Waals surface area contributed by atoms with E-state index in [2.05, 4.69) is 15.0 Å². The Kier molecular flexibility index (Phi) is 6.50. The molecule has 1 aromatic heterocycles. The van der Waals surface area contributed by atoms with Crippen LogP contribution in [0.4, 0.5) is 11.5 Å². The second kappa shape index (κ2) is 8.12. The van der Waals surface area contributed by atoms with Crippen molar-refractivity contribution in [2.75, 3.05) is 32.7 Å². The Morgan fingerprint density at radius 3 is 2.81 bits per heavy atom. The van der Waals surface area contributed by atoms with Crippen LogP contribution in [0.3, 0.4) is 0 Å². The molecule has 0 fully saturated rings. The first-order valence-corrected chi connectivity index (χ1v) is 6.14. The monoisotopic (exact) mass is 299 g/mol. The maximum atomic E-state index is 11.4. The molecule has 1 unspecified atom stereocenters. The predicted octanol–water partition coefficient (Wildman–Crippen LogP) is 0.586. The number of aromatic nitrogens is 1. The zero-order valence-corrected chi connectivity index (χ0v) is 11.7. The number of rotatable bonds is 8. The normalized spacial score (nSPS) is 11.8. The highest BCUT2D eigenvalue weighted by Crippen LogP contribution is 2.22. The van der Waals surface area contributed by atoms with Gasteiger partial charge in [-0.1, -0.05) is 0 Å². The third kappa shape index (κ3) is 4.97. The summed E-state index contributed by atoms with van der Waals surface area (Å²) in [6.07, 6.45) is -0.375. The molecule has 0 aliphatic heterocycles. The summed E-state index contributed by atoms with van der Waals surface area (Å²) in [5.74, 6) is -0.736. The predicted molar refractivity (Wildman–Crippen MR) is 73.2 cm³/mol. The lowest BCUT2D eigenvalue weighted by atomic mass is 10.2. The number of esters is 1. The molecule has 0 saturated heterocycles. The standard InChI is InChI=1S/C12H17N3O6/c1-20-7-8(16)5-6-13-11-10(15(18)19)4-3-9(14-11)12(17)21-2/h3-4,8,16H,5-7H2,1-2H3,(H,13,14). The SMILES string of the molecule is COCC(O)CCNc1nc(C(=O)OC)ccc1[N+](=O)[O-]. The van der Waals surface area contributed by atoms with E-state index in [1.165, 1.54) is 26.4 Å². The number of ether oxygens (including phenoxy) is 2. The molecular weight excluding hydrogens is 282 g/mol. The van der Waals surface area contributed by atoms with Crippen molar-refractivity contribution in [3.63, 3.8) is 0 Å². The average molecular weight is 299 g/mol. The highest BCUT2D eigenvalue weighted by Gasteiger charge is 2.19. The van der Waals surface area contributed by atoms with Gasteiger partial charge < -0.3 is 19.9 Å². The number of methoxy groups -OCH3 is 2. The molecule has 0 amide bonds. The van der Waals surface area contributed by atoms with Crippen molar-refractivity contribution in [2.45, 2.75) is 12.5 Å². The topological polar surface area (TPSA) is 124 Å². The Hall–Kier alpha value is -2.26. The van der Waals surface area contributed by atoms with Gasteiger partial charge in [-0.05, 0) is 12.5 Å². The number of aliphatic hydroxyl groups is 1. The highest BCUT2D eigenvalue weighted by atomic mass is 16.6. The van der Waals surface area contributed by atoms with Crippen LogP contribution in [0.25, 0.3) is 0 Å². The maximum absolute atomic E-state index is 11.4. The summed E-state index contributed by atoms with van der Waals surface area (Å²) in [5, 5.41) is 23.1. The number of nitrogens with zero attached hydrogens (tertiary/aromatic N) is 2. The minimum Gasteiger partial charge on any atom is -0.464 e. The van der Waals surface area contributed by atoms with Crippen LogP contribution in [0.15, 0.2) is 12.1 Å². The van der Waals surface area contributed by atoms with Crippen molar-refractivity contribution in [3.05, 3.63) is 27.9 Å². The van der Waals surface area contributed by atoms with Crippen LogP contribution in [-0.4, -0.2) is 54.5 Å². The Bertz CT molecular complexity index is 508. The smallest absolute Gasteiger partial charge is 0.356 e. The summed E-state index contributed by atoms with van der Waals surface area (Å²) < 4.78 is 9.28. The van der Waals surface area contributed by atoms with Crippen molar-refractivity contribution in [3.8, 4) is 0 Å². The molecular formula is C12H17N3O6. The fourth-order valence-corrected chi connectivity index (χ4v) is 1.58. The number of pyridine rings is 1. The van der Waals surface area contributed by atoms with E-state index in [0.717, 1.165) is 0 Å². The summed E-state index contributed by atoms with van der Waals surface area (Å²) in [4.78, 5) is 25.5. The Morgan fingerprint density at radius 2 is 2.24 bits per heavy atom. The number of nitro groups is 1. The lowest BCUT2D eigenvalue weighted by Gasteiger charge is -2.11. The molecule has 0 aliphatic rings. The van der Waals surface area contributed by atoms with Crippen molar-refractivity contribution >= 4 is 17.5 Å². The molecule has 21 heavy (non-hydrogen) atoms. The largest absolute Gasteiger partial charge is 0.464 e. The molecule has 1 rings (SSSR count). The van der Waals surface area contributed by atoms with Gasteiger partial charge in [-0.25, -0.2) is 9.78 Å². The van der Waals surface area contributed by atoms with E-state index in [9.17, 15) is 20.0 Å². The van der Waals surface area contributed by atoms with E-state index < -0.39 is 17.0 Å². The first-order valence-electron chi connectivity index (χ1n) is 6.14. The Labute approximate surface area is 121 Å². The molecule has 0 radical (unpaired) electrons. The third-order valence-corrected chi connectivity index (χ3v) is 2.59. The summed E-state index contributed by atoms with van der Waals surface area (Å²) >= 11 is 0. The Balaban J connectivity index is 2.81. The van der Waals surface area contributed by atoms with Crippen LogP contribution in [-0.2, 0) is 9.47 Å². The van der Waals surface area contributed by atoms with Gasteiger partial charge in [0, 0.05) is 19.7 Å². The van der Waals surface area contributed by atoms with Crippen molar-refractivity contribution < 1.29 is 24.3 Å². The van der Waals surface area contributed by atoms with Gasteiger partial charge in [0.25, 0.3) is 0 Å². The summed E-state index contributed by atoms with van der Waals surface area (Å²) in [6.45, 7) is 0.405. The quantitative estimate of drug-likeness (QED) is 0.406. The first-order chi connectivity index (χ1) is 9.99. The van der Waals surface area contributed by atoms with Gasteiger partial charge in [0.2, 0.25) is 5.82 Å². The van der Waals surface area contributed by atoms with Gasteiger partial charge in [0.15, 0.2) is 5.69 Å². The van der Waals surface area contributed by atoms with E-state index in [-0.39, 0.29) is 30.4 Å². The molecule has 0 spiro atoms. The highest BCUT2D eigenvalue weighted by molar-refractivity contribution is 5.88. The lowest BCUT2D eigenvalue weighted by Crippen LogP contribution is -2.19. The number of nitrogens with one attached hydrogen (secondary N) is 1. The van der Waals surface area contributed by atoms with E-state index in [1.807, 2.05) is 0 Å². The molecule has 1 aromatic rings. The van der Waals surface area contributed by atoms with Crippen LogP contribution in [0, 0.1) is 10.1 Å². The van der Waals surface area contributed by atoms with Crippen LogP contribution < -0.4 is 5.32 Å². The number of hydrogen-bond donors (Lipinski definition) is 2. The fraction of sp³-hybridized carbons (Fsp3) is 0.500. The molecule has 1 heterocycles. The molecule has 9 nitrogen and oxygen atoms in total. The first kappa shape index (κ1) is 16.8. The van der Waals surface area contributed by atoms with Crippen LogP contribution in [0.5, 0.6) is 0 Å². The third-order valence-electron chi connectivity index (χ3n) is 2.59. The zero-order valence-electron chi connectivity index (χ0n) is 11.7. The lowest BCUT2D eigenvalue weighted by molar-refractivity contribution is -0.384. The second-order valence-corrected chi connectivity index (χ2v) is 4.14. The molecule has 0 aliphatic carbocycles. The van der Waals surface area contributed by atoms with Crippen LogP contribution in [0.1, 0.15) is 16.9 Å². The van der Waals surface area contributed by atoms with E-state index in [0.29, 0.717) is 6.42 Å². The van der Waals surface area contributed by atoms with Gasteiger partial charge in [-0.3, -0.25) is 10.1 Å². The van der Waals surface area contributed by atoms with Gasteiger partial charge in [-0.2, -0.15) is 0 Å². The van der Waals surface area contributed by atoms with Crippen molar-refractivity contribution in [2.24, 2.45) is 0 Å². The molecule has 0 bridgehead atoms. The number of carbonyl (C=O) groups is 1. The van der Waals surface area contributed by atoms with Crippen molar-refractivity contribution in [1.82, 2.24) is 4.98 Å². The molecule has 9 heteroatoms. The fourth-order valence-electron chi connectivity index (χ4n) is 1.58. The van der Waals surface area contributed by atoms with Gasteiger partial charge in [0.05, 0.1) is 24.7 Å². The minimum atomic E-state index is -0.689. The van der Waals surface area contributed by atoms with E-state index in [1.54, 1.807) is 0 Å². The molecule has 116 valence electrons. The Morgan fingerprint density at radius 1 is 1.52 bits per heavy atom. The summed E-state index contributed by atoms with van der Waals surface area (Å²) in [7, 11) is 2.66. The van der Waals surface area contributed by atoms with Gasteiger partial charge in [-0.15, -0.1) is 0 Å². The number of aliphatic hydroxyl groups excluding tert-OH is 1. The zero-order chi connectivity index (χ0) is 15.8. The van der Waals surface area contributed by atoms with Gasteiger partial charge >= 0.3 is 11.7 Å². The van der Waals surface area contributed by atoms with Crippen molar-refractivity contribution in [1.29, 1.82) is 0 Å².